The molecule has 350 valence electrons. The average molecular weight is 922 g/mol. The van der Waals surface area contributed by atoms with Crippen LogP contribution >= 0.6 is 0 Å². The molecule has 0 bridgehead atoms. The fraction of sp³-hybridized carbons (Fsp3) is 0.269. The lowest BCUT2D eigenvalue weighted by Gasteiger charge is -2.38. The summed E-state index contributed by atoms with van der Waals surface area (Å²) in [5, 5.41) is 12.9. The molecule has 2 atom stereocenters. The number of rotatable bonds is 11. The number of esters is 1. The van der Waals surface area contributed by atoms with Gasteiger partial charge in [-0.1, -0.05) is 84.9 Å². The summed E-state index contributed by atoms with van der Waals surface area (Å²) in [6.45, 7) is 3.82. The highest BCUT2D eigenvalue weighted by atomic mass is 16.6. The first kappa shape index (κ1) is 46.5. The Labute approximate surface area is 393 Å². The maximum Gasteiger partial charge on any atom is 0.415 e. The smallest absolute Gasteiger partial charge is 0.415 e. The number of hydrogen-bond acceptors (Lipinski definition) is 12. The van der Waals surface area contributed by atoms with Gasteiger partial charge in [-0.05, 0) is 77.7 Å². The number of amides is 3. The minimum absolute atomic E-state index is 0.0284. The van der Waals surface area contributed by atoms with Crippen LogP contribution in [0.2, 0.25) is 0 Å². The summed E-state index contributed by atoms with van der Waals surface area (Å²) in [5.41, 5.74) is 6.79. The van der Waals surface area contributed by atoms with Gasteiger partial charge in [-0.15, -0.1) is 0 Å². The molecule has 1 aliphatic carbocycles. The Bertz CT molecular complexity index is 2680. The number of hydrogen-bond donors (Lipinski definition) is 2. The van der Waals surface area contributed by atoms with Crippen molar-refractivity contribution in [2.75, 3.05) is 59.6 Å². The van der Waals surface area contributed by atoms with Gasteiger partial charge in [0, 0.05) is 49.6 Å². The van der Waals surface area contributed by atoms with Crippen LogP contribution in [0.1, 0.15) is 38.9 Å². The first-order valence-electron chi connectivity index (χ1n) is 22.3. The van der Waals surface area contributed by atoms with Crippen molar-refractivity contribution in [3.05, 3.63) is 162 Å². The largest absolute Gasteiger partial charge is 0.493 e. The number of ether oxygens (including phenoxy) is 4. The number of para-hydroxylation sites is 1. The standard InChI is InChI=1S/C31H29N3O7.C21H22N2O4/c1-21-26(32-28(40-21)22-8-4-2-5-9-22)16-19-39-24-14-12-23(13-15-24)29(35)34-18-17-33(20-27(34)30(36)37)31(38)41-25-10-6-3-7-11-25;1-26-20(24)19-12-23(11-10-22-19)21(25)27-13-18-16-8-4-2-6-14(16)15-7-3-5-9-17(15)18/h2-15,27H,16-20H2,1H3,(H,36,37);2-9,18-19,22H,10-13H2,1H3. The van der Waals surface area contributed by atoms with E-state index in [9.17, 15) is 29.1 Å². The number of aryl methyl sites for hydroxylation is 1. The Morgan fingerprint density at radius 1 is 0.735 bits per heavy atom. The van der Waals surface area contributed by atoms with E-state index in [0.717, 1.165) is 17.0 Å². The van der Waals surface area contributed by atoms with E-state index < -0.39 is 36.1 Å². The average Bonchev–Trinajstić information content (AvgIpc) is 3.92. The van der Waals surface area contributed by atoms with Gasteiger partial charge >= 0.3 is 24.1 Å². The fourth-order valence-electron chi connectivity index (χ4n) is 8.45. The molecule has 3 amide bonds. The first-order valence-corrected chi connectivity index (χ1v) is 22.3. The van der Waals surface area contributed by atoms with Crippen molar-refractivity contribution in [2.45, 2.75) is 31.3 Å². The fourth-order valence-corrected chi connectivity index (χ4v) is 8.45. The lowest BCUT2D eigenvalue weighted by molar-refractivity contribution is -0.145. The summed E-state index contributed by atoms with van der Waals surface area (Å²) >= 11 is 0. The molecular weight excluding hydrogens is 871 g/mol. The lowest BCUT2D eigenvalue weighted by atomic mass is 9.98. The zero-order valence-corrected chi connectivity index (χ0v) is 37.6. The second-order valence-corrected chi connectivity index (χ2v) is 16.3. The predicted octanol–water partition coefficient (Wildman–Crippen LogP) is 7.06. The van der Waals surface area contributed by atoms with E-state index in [0.29, 0.717) is 49.1 Å². The molecule has 68 heavy (non-hydrogen) atoms. The topological polar surface area (TPSA) is 190 Å². The van der Waals surface area contributed by atoms with Gasteiger partial charge in [0.25, 0.3) is 5.91 Å². The van der Waals surface area contributed by atoms with Gasteiger partial charge in [0.15, 0.2) is 0 Å². The Kier molecular flexibility index (Phi) is 14.8. The van der Waals surface area contributed by atoms with Crippen molar-refractivity contribution in [2.24, 2.45) is 0 Å². The second kappa shape index (κ2) is 21.5. The van der Waals surface area contributed by atoms with Crippen molar-refractivity contribution in [3.8, 4) is 34.1 Å². The van der Waals surface area contributed by atoms with Crippen molar-refractivity contribution >= 4 is 30.0 Å². The van der Waals surface area contributed by atoms with Crippen molar-refractivity contribution < 1.29 is 52.4 Å². The number of fused-ring (bicyclic) bond motifs is 3. The van der Waals surface area contributed by atoms with Crippen molar-refractivity contribution in [1.82, 2.24) is 25.0 Å². The maximum absolute atomic E-state index is 13.2. The first-order chi connectivity index (χ1) is 33.1. The molecule has 16 heteroatoms. The van der Waals surface area contributed by atoms with Crippen molar-refractivity contribution in [1.29, 1.82) is 0 Å². The van der Waals surface area contributed by atoms with Crippen LogP contribution in [0.15, 0.2) is 138 Å². The molecule has 9 rings (SSSR count). The highest BCUT2D eigenvalue weighted by Gasteiger charge is 2.38. The van der Waals surface area contributed by atoms with Crippen LogP contribution in [-0.4, -0.2) is 126 Å². The van der Waals surface area contributed by atoms with E-state index in [1.165, 1.54) is 39.2 Å². The minimum Gasteiger partial charge on any atom is -0.493 e. The maximum atomic E-state index is 13.2. The normalized spacial score (nSPS) is 16.4. The van der Waals surface area contributed by atoms with E-state index in [1.807, 2.05) is 61.5 Å². The lowest BCUT2D eigenvalue weighted by Crippen LogP contribution is -2.59. The number of aliphatic carboxylic acids is 1. The summed E-state index contributed by atoms with van der Waals surface area (Å²) in [7, 11) is 1.34. The van der Waals surface area contributed by atoms with Gasteiger partial charge < -0.3 is 48.5 Å². The van der Waals surface area contributed by atoms with Crippen LogP contribution in [-0.2, 0) is 25.5 Å². The highest BCUT2D eigenvalue weighted by molar-refractivity contribution is 5.97. The van der Waals surface area contributed by atoms with Crippen LogP contribution in [0, 0.1) is 6.92 Å². The van der Waals surface area contributed by atoms with E-state index in [1.54, 1.807) is 59.5 Å². The molecule has 16 nitrogen and oxygen atoms in total. The van der Waals surface area contributed by atoms with Crippen molar-refractivity contribution in [3.63, 3.8) is 0 Å². The van der Waals surface area contributed by atoms with Crippen LogP contribution in [0.25, 0.3) is 22.6 Å². The summed E-state index contributed by atoms with van der Waals surface area (Å²) in [5.74, 6) is 0.240. The van der Waals surface area contributed by atoms with Gasteiger partial charge in [-0.25, -0.2) is 19.4 Å². The molecule has 0 radical (unpaired) electrons. The number of methoxy groups -OCH3 is 1. The van der Waals surface area contributed by atoms with Crippen LogP contribution in [0.4, 0.5) is 9.59 Å². The van der Waals surface area contributed by atoms with E-state index >= 15 is 0 Å². The number of piperazine rings is 2. The zero-order chi connectivity index (χ0) is 47.6. The molecule has 3 aliphatic rings. The molecule has 6 aromatic rings. The zero-order valence-electron chi connectivity index (χ0n) is 37.6. The van der Waals surface area contributed by atoms with Gasteiger partial charge in [0.2, 0.25) is 5.89 Å². The quantitative estimate of drug-likeness (QED) is 0.126. The second-order valence-electron chi connectivity index (χ2n) is 16.3. The summed E-state index contributed by atoms with van der Waals surface area (Å²) in [6.07, 6.45) is -0.513. The number of oxazole rings is 1. The third-order valence-electron chi connectivity index (χ3n) is 12.0. The molecule has 2 fully saturated rings. The minimum atomic E-state index is -1.21. The number of carboxylic acid groups (broad SMARTS) is 1. The molecule has 3 heterocycles. The molecular formula is C52H51N5O11. The molecule has 2 N–H and O–H groups in total. The molecule has 2 saturated heterocycles. The summed E-state index contributed by atoms with van der Waals surface area (Å²) < 4.78 is 27.4. The van der Waals surface area contributed by atoms with E-state index in [4.69, 9.17) is 23.4 Å². The number of carbonyl (C=O) groups is 5. The van der Waals surface area contributed by atoms with Crippen LogP contribution in [0.3, 0.4) is 0 Å². The summed E-state index contributed by atoms with van der Waals surface area (Å²) in [4.78, 5) is 70.8. The molecule has 0 spiro atoms. The number of carbonyl (C=O) groups excluding carboxylic acids is 4. The van der Waals surface area contributed by atoms with Gasteiger partial charge in [-0.2, -0.15) is 0 Å². The number of carboxylic acids is 1. The Balaban J connectivity index is 0.000000200. The molecule has 1 aromatic heterocycles. The number of nitrogens with zero attached hydrogens (tertiary/aromatic N) is 4. The van der Waals surface area contributed by atoms with Gasteiger partial charge in [0.1, 0.15) is 35.9 Å². The van der Waals surface area contributed by atoms with E-state index in [2.05, 4.69) is 34.6 Å². The van der Waals surface area contributed by atoms with Gasteiger partial charge in [0.05, 0.1) is 32.5 Å². The van der Waals surface area contributed by atoms with Crippen LogP contribution in [0.5, 0.6) is 11.5 Å². The van der Waals surface area contributed by atoms with Gasteiger partial charge in [-0.3, -0.25) is 9.59 Å². The third kappa shape index (κ3) is 10.8. The predicted molar refractivity (Wildman–Crippen MR) is 249 cm³/mol. The number of aromatic nitrogens is 1. The molecule has 2 unspecified atom stereocenters. The Hall–Kier alpha value is -7.98. The Morgan fingerprint density at radius 3 is 2.03 bits per heavy atom. The molecule has 2 aliphatic heterocycles. The third-order valence-corrected chi connectivity index (χ3v) is 12.0. The Morgan fingerprint density at radius 2 is 1.37 bits per heavy atom. The molecule has 0 saturated carbocycles. The number of nitrogens with one attached hydrogen (secondary N) is 1. The monoisotopic (exact) mass is 921 g/mol. The van der Waals surface area contributed by atoms with Crippen LogP contribution < -0.4 is 14.8 Å². The van der Waals surface area contributed by atoms with E-state index in [-0.39, 0.29) is 44.7 Å². The highest BCUT2D eigenvalue weighted by Crippen LogP contribution is 2.44. The SMILES string of the molecule is COC(=O)C1CN(C(=O)OCC2c3ccccc3-c3ccccc32)CCN1.Cc1oc(-c2ccccc2)nc1CCOc1ccc(C(=O)N2CCN(C(=O)Oc3ccccc3)CC2C(=O)O)cc1. The molecule has 5 aromatic carbocycles. The summed E-state index contributed by atoms with van der Waals surface area (Å²) in [6, 6.07) is 39.5. The number of benzene rings is 5.